The Morgan fingerprint density at radius 3 is 2.82 bits per heavy atom. The van der Waals surface area contributed by atoms with E-state index >= 15 is 0 Å². The van der Waals surface area contributed by atoms with Gasteiger partial charge in [0.05, 0.1) is 15.6 Å². The highest BCUT2D eigenvalue weighted by Gasteiger charge is 2.73. The van der Waals surface area contributed by atoms with Gasteiger partial charge in [0.15, 0.2) is 0 Å². The lowest BCUT2D eigenvalue weighted by molar-refractivity contribution is 0.0632. The van der Waals surface area contributed by atoms with Crippen molar-refractivity contribution in [1.29, 1.82) is 10.8 Å². The first kappa shape index (κ1) is 19.2. The van der Waals surface area contributed by atoms with Crippen molar-refractivity contribution in [2.45, 2.75) is 50.6 Å². The van der Waals surface area contributed by atoms with Crippen LogP contribution in [0.25, 0.3) is 10.9 Å². The fourth-order valence-corrected chi connectivity index (χ4v) is 5.55. The fourth-order valence-electron chi connectivity index (χ4n) is 5.04. The van der Waals surface area contributed by atoms with Gasteiger partial charge in [0, 0.05) is 29.5 Å². The van der Waals surface area contributed by atoms with Crippen LogP contribution in [0.3, 0.4) is 0 Å². The van der Waals surface area contributed by atoms with E-state index in [0.29, 0.717) is 28.9 Å². The van der Waals surface area contributed by atoms with Crippen LogP contribution in [0.1, 0.15) is 50.0 Å². The van der Waals surface area contributed by atoms with Gasteiger partial charge in [-0.25, -0.2) is 0 Å². The van der Waals surface area contributed by atoms with E-state index in [1.807, 2.05) is 42.2 Å². The van der Waals surface area contributed by atoms with Gasteiger partial charge in [-0.2, -0.15) is 0 Å². The third-order valence-electron chi connectivity index (χ3n) is 6.26. The number of amides is 1. The van der Waals surface area contributed by atoms with Crippen molar-refractivity contribution in [2.75, 3.05) is 13.1 Å². The molecular formula is C21H27N5OS. The van der Waals surface area contributed by atoms with Gasteiger partial charge >= 0.3 is 0 Å². The summed E-state index contributed by atoms with van der Waals surface area (Å²) in [6, 6.07) is 9.91. The van der Waals surface area contributed by atoms with E-state index in [-0.39, 0.29) is 17.0 Å². The molecule has 1 aromatic carbocycles. The van der Waals surface area contributed by atoms with Gasteiger partial charge in [-0.3, -0.25) is 15.6 Å². The summed E-state index contributed by atoms with van der Waals surface area (Å²) in [5, 5.41) is 21.1. The molecule has 2 aliphatic rings. The van der Waals surface area contributed by atoms with Crippen LogP contribution in [-0.2, 0) is 0 Å². The highest BCUT2D eigenvalue weighted by atomic mass is 32.2. The average Bonchev–Trinajstić information content (AvgIpc) is 2.96. The van der Waals surface area contributed by atoms with Gasteiger partial charge < -0.3 is 15.2 Å². The minimum Gasteiger partial charge on any atom is -0.351 e. The molecule has 0 radical (unpaired) electrons. The minimum atomic E-state index is -0.152. The number of rotatable bonds is 6. The van der Waals surface area contributed by atoms with Crippen LogP contribution in [0, 0.1) is 10.8 Å². The normalized spacial score (nSPS) is 25.5. The standard InChI is InChI=1S/C21H27N5OS/c1-3-26(19(27)17-11-15-7-4-5-8-16(15)25-17)21-10-6-9-20(21,13-21)24-12-18(23)28-14(2)22/h4-5,7-8,11,22-25H,3,6,9-10,12-13H2,1-2H3/t20-,21+/m0/s1. The Bertz CT molecular complexity index is 920. The summed E-state index contributed by atoms with van der Waals surface area (Å²) in [5.74, 6) is 0.0593. The molecule has 2 saturated carbocycles. The predicted octanol–water partition coefficient (Wildman–Crippen LogP) is 3.99. The number of carbonyl (C=O) groups is 1. The lowest BCUT2D eigenvalue weighted by Crippen LogP contribution is -2.50. The summed E-state index contributed by atoms with van der Waals surface area (Å²) in [6.45, 7) is 4.88. The number of nitrogens with one attached hydrogen (secondary N) is 4. The maximum Gasteiger partial charge on any atom is 0.270 e. The zero-order valence-electron chi connectivity index (χ0n) is 16.4. The number of hydrogen-bond donors (Lipinski definition) is 4. The first-order chi connectivity index (χ1) is 13.4. The first-order valence-electron chi connectivity index (χ1n) is 9.86. The quantitative estimate of drug-likeness (QED) is 0.438. The molecule has 28 heavy (non-hydrogen) atoms. The van der Waals surface area contributed by atoms with Gasteiger partial charge in [-0.15, -0.1) is 0 Å². The SMILES string of the molecule is CCN(C(=O)c1cc2ccccc2[nH]1)[C@@]12CCC[C@]1(NCC(=N)SC(C)=N)C2. The molecular weight excluding hydrogens is 370 g/mol. The lowest BCUT2D eigenvalue weighted by atomic mass is 10.1. The summed E-state index contributed by atoms with van der Waals surface area (Å²) < 4.78 is 0. The Morgan fingerprint density at radius 2 is 2.11 bits per heavy atom. The largest absolute Gasteiger partial charge is 0.351 e. The molecule has 7 heteroatoms. The molecule has 0 spiro atoms. The molecule has 2 aromatic rings. The molecule has 4 N–H and O–H groups in total. The fraction of sp³-hybridized carbons (Fsp3) is 0.476. The minimum absolute atomic E-state index is 0.0593. The number of aromatic nitrogens is 1. The second-order valence-electron chi connectivity index (χ2n) is 7.90. The predicted molar refractivity (Wildman–Crippen MR) is 116 cm³/mol. The van der Waals surface area contributed by atoms with Crippen LogP contribution in [0.2, 0.25) is 0 Å². The number of carbonyl (C=O) groups excluding carboxylic acids is 1. The Morgan fingerprint density at radius 1 is 1.32 bits per heavy atom. The van der Waals surface area contributed by atoms with Crippen LogP contribution < -0.4 is 5.32 Å². The van der Waals surface area contributed by atoms with Crippen LogP contribution in [0.5, 0.6) is 0 Å². The number of aromatic amines is 1. The van der Waals surface area contributed by atoms with E-state index in [9.17, 15) is 4.79 Å². The van der Waals surface area contributed by atoms with Crippen molar-refractivity contribution in [3.8, 4) is 0 Å². The smallest absolute Gasteiger partial charge is 0.270 e. The number of nitrogens with zero attached hydrogens (tertiary/aromatic N) is 1. The summed E-state index contributed by atoms with van der Waals surface area (Å²) in [5.41, 5.74) is 1.39. The van der Waals surface area contributed by atoms with Crippen molar-refractivity contribution in [1.82, 2.24) is 15.2 Å². The van der Waals surface area contributed by atoms with Gasteiger partial charge in [-0.05, 0) is 51.7 Å². The van der Waals surface area contributed by atoms with E-state index < -0.39 is 0 Å². The number of thioether (sulfide) groups is 1. The van der Waals surface area contributed by atoms with E-state index in [4.69, 9.17) is 10.8 Å². The van der Waals surface area contributed by atoms with E-state index in [1.165, 1.54) is 11.8 Å². The maximum absolute atomic E-state index is 13.4. The Balaban J connectivity index is 1.53. The summed E-state index contributed by atoms with van der Waals surface area (Å²) >= 11 is 1.19. The number of fused-ring (bicyclic) bond motifs is 2. The Labute approximate surface area is 169 Å². The summed E-state index contributed by atoms with van der Waals surface area (Å²) in [6.07, 6.45) is 4.07. The molecule has 6 nitrogen and oxygen atoms in total. The highest BCUT2D eigenvalue weighted by molar-refractivity contribution is 8.26. The van der Waals surface area contributed by atoms with E-state index in [1.54, 1.807) is 6.92 Å². The van der Waals surface area contributed by atoms with Crippen molar-refractivity contribution in [3.63, 3.8) is 0 Å². The summed E-state index contributed by atoms with van der Waals surface area (Å²) in [7, 11) is 0. The van der Waals surface area contributed by atoms with Crippen molar-refractivity contribution < 1.29 is 4.79 Å². The lowest BCUT2D eigenvalue weighted by Gasteiger charge is -2.32. The average molecular weight is 398 g/mol. The van der Waals surface area contributed by atoms with Crippen molar-refractivity contribution in [2.24, 2.45) is 0 Å². The maximum atomic E-state index is 13.4. The van der Waals surface area contributed by atoms with E-state index in [2.05, 4.69) is 10.3 Å². The molecule has 0 saturated heterocycles. The molecule has 1 aromatic heterocycles. The number of H-pyrrole nitrogens is 1. The molecule has 2 atom stereocenters. The molecule has 1 amide bonds. The monoisotopic (exact) mass is 397 g/mol. The molecule has 0 bridgehead atoms. The van der Waals surface area contributed by atoms with Gasteiger partial charge in [0.2, 0.25) is 0 Å². The zero-order chi connectivity index (χ0) is 19.9. The third-order valence-corrected chi connectivity index (χ3v) is 6.95. The topological polar surface area (TPSA) is 95.8 Å². The molecule has 4 rings (SSSR count). The van der Waals surface area contributed by atoms with E-state index in [0.717, 1.165) is 36.6 Å². The van der Waals surface area contributed by atoms with Crippen molar-refractivity contribution in [3.05, 3.63) is 36.0 Å². The second kappa shape index (κ2) is 7.04. The van der Waals surface area contributed by atoms with Crippen LogP contribution in [0.4, 0.5) is 0 Å². The number of para-hydroxylation sites is 1. The Hall–Kier alpha value is -2.12. The van der Waals surface area contributed by atoms with Crippen LogP contribution in [0.15, 0.2) is 30.3 Å². The third kappa shape index (κ3) is 3.06. The molecule has 0 aliphatic heterocycles. The molecule has 2 aliphatic carbocycles. The molecule has 2 fully saturated rings. The highest BCUT2D eigenvalue weighted by Crippen LogP contribution is 2.63. The van der Waals surface area contributed by atoms with Gasteiger partial charge in [0.1, 0.15) is 5.69 Å². The second-order valence-corrected chi connectivity index (χ2v) is 9.21. The first-order valence-corrected chi connectivity index (χ1v) is 10.7. The molecule has 1 heterocycles. The van der Waals surface area contributed by atoms with Crippen molar-refractivity contribution >= 4 is 38.7 Å². The number of hydrogen-bond acceptors (Lipinski definition) is 5. The Kier molecular flexibility index (Phi) is 4.83. The summed E-state index contributed by atoms with van der Waals surface area (Å²) in [4.78, 5) is 18.7. The number of benzene rings is 1. The number of likely N-dealkylation sites (N-methyl/N-ethyl adjacent to an activating group) is 1. The van der Waals surface area contributed by atoms with Crippen LogP contribution >= 0.6 is 11.8 Å². The molecule has 148 valence electrons. The van der Waals surface area contributed by atoms with Gasteiger partial charge in [-0.1, -0.05) is 30.0 Å². The van der Waals surface area contributed by atoms with Gasteiger partial charge in [0.25, 0.3) is 5.91 Å². The van der Waals surface area contributed by atoms with Crippen LogP contribution in [-0.4, -0.2) is 50.0 Å². The zero-order valence-corrected chi connectivity index (χ0v) is 17.2. The molecule has 0 unspecified atom stereocenters.